The Morgan fingerprint density at radius 2 is 2.03 bits per heavy atom. The molecule has 0 atom stereocenters. The summed E-state index contributed by atoms with van der Waals surface area (Å²) in [7, 11) is 3.10. The Labute approximate surface area is 196 Å². The highest BCUT2D eigenvalue weighted by molar-refractivity contribution is 7.22. The van der Waals surface area contributed by atoms with Crippen LogP contribution in [-0.4, -0.2) is 69.4 Å². The fourth-order valence-electron chi connectivity index (χ4n) is 3.81. The smallest absolute Gasteiger partial charge is 0.264 e. The third-order valence-electron chi connectivity index (χ3n) is 5.49. The Balaban J connectivity index is 1.72. The fraction of sp³-hybridized carbons (Fsp3) is 0.391. The van der Waals surface area contributed by atoms with Crippen LogP contribution in [0.1, 0.15) is 15.9 Å². The molecule has 0 aliphatic carbocycles. The molecule has 2 aromatic carbocycles. The Morgan fingerprint density at radius 3 is 2.75 bits per heavy atom. The van der Waals surface area contributed by atoms with E-state index in [1.54, 1.807) is 30.2 Å². The summed E-state index contributed by atoms with van der Waals surface area (Å²) in [6.07, 6.45) is 0. The molecule has 0 spiro atoms. The Kier molecular flexibility index (Phi) is 7.15. The second-order valence-corrected chi connectivity index (χ2v) is 8.96. The highest BCUT2D eigenvalue weighted by atomic mass is 35.5. The van der Waals surface area contributed by atoms with Crippen LogP contribution in [0.3, 0.4) is 0 Å². The van der Waals surface area contributed by atoms with Crippen molar-refractivity contribution in [1.82, 2.24) is 9.88 Å². The van der Waals surface area contributed by atoms with Gasteiger partial charge in [-0.05, 0) is 36.8 Å². The first-order valence-electron chi connectivity index (χ1n) is 10.4. The maximum atomic E-state index is 13.8. The summed E-state index contributed by atoms with van der Waals surface area (Å²) in [6.45, 7) is 6.29. The van der Waals surface area contributed by atoms with Crippen molar-refractivity contribution in [3.8, 4) is 11.5 Å². The average molecular weight is 476 g/mol. The maximum absolute atomic E-state index is 13.8. The number of ether oxygens (including phenoxy) is 3. The van der Waals surface area contributed by atoms with Crippen molar-refractivity contribution >= 4 is 44.2 Å². The van der Waals surface area contributed by atoms with Gasteiger partial charge in [-0.2, -0.15) is 0 Å². The molecule has 9 heteroatoms. The molecule has 1 aliphatic rings. The Morgan fingerprint density at radius 1 is 1.25 bits per heavy atom. The van der Waals surface area contributed by atoms with E-state index in [1.807, 2.05) is 19.1 Å². The molecule has 0 bridgehead atoms. The molecular weight excluding hydrogens is 450 g/mol. The van der Waals surface area contributed by atoms with Crippen LogP contribution in [-0.2, 0) is 4.74 Å². The maximum Gasteiger partial charge on any atom is 0.264 e. The van der Waals surface area contributed by atoms with Gasteiger partial charge < -0.3 is 14.2 Å². The zero-order valence-corrected chi connectivity index (χ0v) is 20.0. The molecule has 1 amide bonds. The van der Waals surface area contributed by atoms with E-state index in [0.717, 1.165) is 35.4 Å². The molecule has 1 aromatic heterocycles. The van der Waals surface area contributed by atoms with E-state index in [0.29, 0.717) is 47.0 Å². The second-order valence-electron chi connectivity index (χ2n) is 7.52. The highest BCUT2D eigenvalue weighted by Crippen LogP contribution is 2.36. The van der Waals surface area contributed by atoms with E-state index >= 15 is 0 Å². The number of fused-ring (bicyclic) bond motifs is 1. The lowest BCUT2D eigenvalue weighted by Crippen LogP contribution is -2.43. The number of morpholine rings is 1. The van der Waals surface area contributed by atoms with Gasteiger partial charge >= 0.3 is 0 Å². The van der Waals surface area contributed by atoms with Crippen molar-refractivity contribution in [3.05, 3.63) is 46.5 Å². The quantitative estimate of drug-likeness (QED) is 0.509. The number of hydrogen-bond donors (Lipinski definition) is 0. The van der Waals surface area contributed by atoms with Gasteiger partial charge in [-0.15, -0.1) is 0 Å². The molecule has 32 heavy (non-hydrogen) atoms. The number of hydrogen-bond acceptors (Lipinski definition) is 7. The number of halogens is 1. The van der Waals surface area contributed by atoms with Gasteiger partial charge in [-0.25, -0.2) is 4.98 Å². The minimum absolute atomic E-state index is 0.184. The molecule has 2 heterocycles. The third-order valence-corrected chi connectivity index (χ3v) is 6.74. The van der Waals surface area contributed by atoms with Gasteiger partial charge in [0.05, 0.1) is 43.2 Å². The lowest BCUT2D eigenvalue weighted by atomic mass is 10.1. The summed E-state index contributed by atoms with van der Waals surface area (Å²) in [6, 6.07) is 9.09. The number of anilines is 1. The topological polar surface area (TPSA) is 64.1 Å². The van der Waals surface area contributed by atoms with Gasteiger partial charge in [-0.1, -0.05) is 29.0 Å². The van der Waals surface area contributed by atoms with Gasteiger partial charge in [0.25, 0.3) is 5.91 Å². The van der Waals surface area contributed by atoms with Crippen LogP contribution < -0.4 is 14.4 Å². The number of aromatic nitrogens is 1. The van der Waals surface area contributed by atoms with E-state index in [9.17, 15) is 4.79 Å². The number of thiazole rings is 1. The number of carbonyl (C=O) groups excluding carboxylic acids is 1. The van der Waals surface area contributed by atoms with Gasteiger partial charge in [0.1, 0.15) is 0 Å². The zero-order chi connectivity index (χ0) is 22.7. The molecular formula is C23H26ClN3O4S. The number of carbonyl (C=O) groups is 1. The normalized spacial score (nSPS) is 14.5. The molecule has 1 aliphatic heterocycles. The Bertz CT molecular complexity index is 1110. The molecule has 3 aromatic rings. The number of rotatable bonds is 7. The second kappa shape index (κ2) is 10.0. The van der Waals surface area contributed by atoms with Crippen LogP contribution >= 0.6 is 22.9 Å². The van der Waals surface area contributed by atoms with Crippen molar-refractivity contribution < 1.29 is 19.0 Å². The standard InChI is InChI=1S/C23H26ClN3O4S/c1-15-13-16(24)14-19-20(15)25-23(32-19)27(8-7-26-9-11-31-12-10-26)22(28)17-5-4-6-18(29-2)21(17)30-3/h4-6,13-14H,7-12H2,1-3H3. The third kappa shape index (κ3) is 4.68. The summed E-state index contributed by atoms with van der Waals surface area (Å²) in [5.41, 5.74) is 2.27. The van der Waals surface area contributed by atoms with Crippen LogP contribution in [0.15, 0.2) is 30.3 Å². The van der Waals surface area contributed by atoms with Gasteiger partial charge in [-0.3, -0.25) is 14.6 Å². The lowest BCUT2D eigenvalue weighted by molar-refractivity contribution is 0.0391. The first-order valence-corrected chi connectivity index (χ1v) is 11.6. The minimum atomic E-state index is -0.184. The van der Waals surface area contributed by atoms with E-state index in [1.165, 1.54) is 18.4 Å². The monoisotopic (exact) mass is 475 g/mol. The van der Waals surface area contributed by atoms with Crippen LogP contribution in [0.25, 0.3) is 10.2 Å². The van der Waals surface area contributed by atoms with E-state index < -0.39 is 0 Å². The van der Waals surface area contributed by atoms with Crippen molar-refractivity contribution in [1.29, 1.82) is 0 Å². The van der Waals surface area contributed by atoms with Crippen molar-refractivity contribution in [2.75, 3.05) is 58.5 Å². The molecule has 4 rings (SSSR count). The van der Waals surface area contributed by atoms with Crippen molar-refractivity contribution in [3.63, 3.8) is 0 Å². The molecule has 170 valence electrons. The van der Waals surface area contributed by atoms with Crippen LogP contribution in [0.2, 0.25) is 5.02 Å². The largest absolute Gasteiger partial charge is 0.493 e. The van der Waals surface area contributed by atoms with E-state index in [4.69, 9.17) is 30.8 Å². The van der Waals surface area contributed by atoms with Crippen LogP contribution in [0, 0.1) is 6.92 Å². The summed E-state index contributed by atoms with van der Waals surface area (Å²) < 4.78 is 17.3. The first-order chi connectivity index (χ1) is 15.5. The fourth-order valence-corrected chi connectivity index (χ4v) is 5.25. The average Bonchev–Trinajstić information content (AvgIpc) is 3.23. The number of para-hydroxylation sites is 1. The first kappa shape index (κ1) is 22.8. The molecule has 1 fully saturated rings. The molecule has 0 radical (unpaired) electrons. The number of benzene rings is 2. The highest BCUT2D eigenvalue weighted by Gasteiger charge is 2.27. The van der Waals surface area contributed by atoms with Crippen molar-refractivity contribution in [2.45, 2.75) is 6.92 Å². The number of aryl methyl sites for hydroxylation is 1. The number of nitrogens with zero attached hydrogens (tertiary/aromatic N) is 3. The zero-order valence-electron chi connectivity index (χ0n) is 18.4. The summed E-state index contributed by atoms with van der Waals surface area (Å²) in [5.74, 6) is 0.743. The summed E-state index contributed by atoms with van der Waals surface area (Å²) in [4.78, 5) is 22.6. The number of methoxy groups -OCH3 is 2. The molecule has 7 nitrogen and oxygen atoms in total. The number of amides is 1. The predicted molar refractivity (Wildman–Crippen MR) is 128 cm³/mol. The predicted octanol–water partition coefficient (Wildman–Crippen LogP) is 4.25. The summed E-state index contributed by atoms with van der Waals surface area (Å²) in [5, 5.41) is 1.29. The SMILES string of the molecule is COc1cccc(C(=O)N(CCN2CCOCC2)c2nc3c(C)cc(Cl)cc3s2)c1OC. The van der Waals surface area contributed by atoms with Crippen molar-refractivity contribution in [2.24, 2.45) is 0 Å². The molecule has 1 saturated heterocycles. The summed E-state index contributed by atoms with van der Waals surface area (Å²) >= 11 is 7.72. The van der Waals surface area contributed by atoms with E-state index in [-0.39, 0.29) is 5.91 Å². The minimum Gasteiger partial charge on any atom is -0.493 e. The van der Waals surface area contributed by atoms with Crippen LogP contribution in [0.4, 0.5) is 5.13 Å². The lowest BCUT2D eigenvalue weighted by Gasteiger charge is -2.29. The molecule has 0 N–H and O–H groups in total. The van der Waals surface area contributed by atoms with Gasteiger partial charge in [0.2, 0.25) is 0 Å². The molecule has 0 saturated carbocycles. The van der Waals surface area contributed by atoms with E-state index in [2.05, 4.69) is 4.90 Å². The van der Waals surface area contributed by atoms with Crippen LogP contribution in [0.5, 0.6) is 11.5 Å². The van der Waals surface area contributed by atoms with Gasteiger partial charge in [0, 0.05) is 31.2 Å². The van der Waals surface area contributed by atoms with Gasteiger partial charge in [0.15, 0.2) is 16.6 Å². The Hall–Kier alpha value is -2.39. The molecule has 0 unspecified atom stereocenters.